The molecule has 0 spiro atoms. The fourth-order valence-corrected chi connectivity index (χ4v) is 1.60. The first-order valence-electron chi connectivity index (χ1n) is 2.44. The van der Waals surface area contributed by atoms with Crippen LogP contribution in [0.15, 0.2) is 24.3 Å². The summed E-state index contributed by atoms with van der Waals surface area (Å²) in [5, 5.41) is 0. The largest absolute Gasteiger partial charge is 0.109 e. The second-order valence-corrected chi connectivity index (χ2v) is 7.35. The van der Waals surface area contributed by atoms with Gasteiger partial charge in [-0.2, -0.15) is 0 Å². The van der Waals surface area contributed by atoms with Gasteiger partial charge in [-0.25, -0.2) is 0 Å². The predicted molar refractivity (Wildman–Crippen MR) is 53.7 cm³/mol. The van der Waals surface area contributed by atoms with Crippen LogP contribution < -0.4 is 0 Å². The summed E-state index contributed by atoms with van der Waals surface area (Å²) in [6.45, 7) is 0. The molecule has 0 aromatic heterocycles. The monoisotopic (exact) mass is 332 g/mol. The standard InChI is InChI=1S/C6H6I2/c7-6(8)4-2-1-3-5-6/h2-5H,1H2. The van der Waals surface area contributed by atoms with E-state index in [2.05, 4.69) is 69.5 Å². The first-order valence-corrected chi connectivity index (χ1v) is 4.60. The normalized spacial score (nSPS) is 23.8. The Morgan fingerprint density at radius 1 is 1.12 bits per heavy atom. The van der Waals surface area contributed by atoms with Gasteiger partial charge in [0.2, 0.25) is 0 Å². The van der Waals surface area contributed by atoms with Crippen LogP contribution in [0.25, 0.3) is 0 Å². The molecular weight excluding hydrogens is 326 g/mol. The van der Waals surface area contributed by atoms with Gasteiger partial charge in [-0.1, -0.05) is 69.5 Å². The fourth-order valence-electron chi connectivity index (χ4n) is 0.584. The van der Waals surface area contributed by atoms with Gasteiger partial charge in [-0.15, -0.1) is 0 Å². The summed E-state index contributed by atoms with van der Waals surface area (Å²) < 4.78 is 0.258. The van der Waals surface area contributed by atoms with Crippen molar-refractivity contribution in [2.45, 2.75) is 7.85 Å². The Kier molecular flexibility index (Phi) is 2.36. The summed E-state index contributed by atoms with van der Waals surface area (Å²) in [6, 6.07) is 0. The Labute approximate surface area is 76.7 Å². The highest BCUT2D eigenvalue weighted by atomic mass is 127. The van der Waals surface area contributed by atoms with Crippen LogP contribution in [0.1, 0.15) is 6.42 Å². The molecule has 0 aromatic carbocycles. The first kappa shape index (κ1) is 7.05. The predicted octanol–water partition coefficient (Wildman–Crippen LogP) is 3.07. The Bertz CT molecular complexity index is 119. The van der Waals surface area contributed by atoms with Crippen molar-refractivity contribution in [2.24, 2.45) is 0 Å². The van der Waals surface area contributed by atoms with Crippen LogP contribution in [0.2, 0.25) is 0 Å². The maximum atomic E-state index is 2.40. The van der Waals surface area contributed by atoms with Crippen LogP contribution >= 0.6 is 45.2 Å². The van der Waals surface area contributed by atoms with Crippen molar-refractivity contribution in [3.8, 4) is 0 Å². The minimum Gasteiger partial charge on any atom is -0.0823 e. The van der Waals surface area contributed by atoms with Gasteiger partial charge in [-0.3, -0.25) is 0 Å². The number of hydrogen-bond donors (Lipinski definition) is 0. The summed E-state index contributed by atoms with van der Waals surface area (Å²) in [6.07, 6.45) is 9.92. The fraction of sp³-hybridized carbons (Fsp3) is 0.333. The molecule has 0 saturated heterocycles. The van der Waals surface area contributed by atoms with E-state index in [1.807, 2.05) is 0 Å². The molecule has 8 heavy (non-hydrogen) atoms. The van der Waals surface area contributed by atoms with Gasteiger partial charge in [0.25, 0.3) is 0 Å². The topological polar surface area (TPSA) is 0 Å². The molecule has 0 unspecified atom stereocenters. The summed E-state index contributed by atoms with van der Waals surface area (Å²) in [7, 11) is 0. The van der Waals surface area contributed by atoms with E-state index in [-0.39, 0.29) is 1.43 Å². The van der Waals surface area contributed by atoms with Crippen LogP contribution in [0.4, 0.5) is 0 Å². The molecule has 0 bridgehead atoms. The van der Waals surface area contributed by atoms with E-state index >= 15 is 0 Å². The van der Waals surface area contributed by atoms with E-state index in [0.717, 1.165) is 6.42 Å². The van der Waals surface area contributed by atoms with Crippen molar-refractivity contribution < 1.29 is 0 Å². The number of rotatable bonds is 0. The van der Waals surface area contributed by atoms with Crippen molar-refractivity contribution in [3.05, 3.63) is 24.3 Å². The lowest BCUT2D eigenvalue weighted by molar-refractivity contribution is 1.25. The summed E-state index contributed by atoms with van der Waals surface area (Å²) in [4.78, 5) is 0. The lowest BCUT2D eigenvalue weighted by Gasteiger charge is -2.11. The van der Waals surface area contributed by atoms with Gasteiger partial charge >= 0.3 is 0 Å². The number of allylic oxidation sites excluding steroid dienone is 4. The van der Waals surface area contributed by atoms with Gasteiger partial charge in [0.05, 0.1) is 0 Å². The van der Waals surface area contributed by atoms with E-state index in [1.165, 1.54) is 0 Å². The molecule has 0 heterocycles. The summed E-state index contributed by atoms with van der Waals surface area (Å²) in [5.74, 6) is 0. The second kappa shape index (κ2) is 2.68. The molecule has 0 aliphatic heterocycles. The summed E-state index contributed by atoms with van der Waals surface area (Å²) >= 11 is 4.81. The Morgan fingerprint density at radius 3 is 1.88 bits per heavy atom. The molecule has 1 rings (SSSR count). The third kappa shape index (κ3) is 2.05. The molecule has 0 atom stereocenters. The highest BCUT2D eigenvalue weighted by molar-refractivity contribution is 14.2. The molecule has 0 nitrogen and oxygen atoms in total. The van der Waals surface area contributed by atoms with E-state index in [9.17, 15) is 0 Å². The SMILES string of the molecule is IC1(I)C=CCC=C1. The van der Waals surface area contributed by atoms with Gasteiger partial charge in [0, 0.05) is 0 Å². The van der Waals surface area contributed by atoms with Crippen LogP contribution in [-0.4, -0.2) is 1.43 Å². The Hall–Kier alpha value is 0.940. The lowest BCUT2D eigenvalue weighted by Crippen LogP contribution is -2.02. The molecule has 44 valence electrons. The zero-order chi connectivity index (χ0) is 6.04. The quantitative estimate of drug-likeness (QED) is 0.363. The molecule has 1 aliphatic rings. The average Bonchev–Trinajstić information content (AvgIpc) is 1.65. The van der Waals surface area contributed by atoms with Crippen LogP contribution in [0, 0.1) is 0 Å². The van der Waals surface area contributed by atoms with Gasteiger partial charge in [0.15, 0.2) is 0 Å². The Balaban J connectivity index is 2.69. The first-order chi connectivity index (χ1) is 3.71. The number of alkyl halides is 2. The van der Waals surface area contributed by atoms with Crippen molar-refractivity contribution in [2.75, 3.05) is 0 Å². The van der Waals surface area contributed by atoms with Gasteiger partial charge < -0.3 is 0 Å². The van der Waals surface area contributed by atoms with Crippen molar-refractivity contribution in [1.82, 2.24) is 0 Å². The van der Waals surface area contributed by atoms with Crippen molar-refractivity contribution in [1.29, 1.82) is 0 Å². The molecule has 0 radical (unpaired) electrons. The minimum absolute atomic E-state index is 0.258. The molecular formula is C6H6I2. The maximum absolute atomic E-state index is 2.40. The van der Waals surface area contributed by atoms with Gasteiger partial charge in [-0.05, 0) is 6.42 Å². The minimum atomic E-state index is 0.258. The second-order valence-electron chi connectivity index (χ2n) is 1.71. The average molecular weight is 332 g/mol. The van der Waals surface area contributed by atoms with E-state index in [1.54, 1.807) is 0 Å². The molecule has 0 fully saturated rings. The Morgan fingerprint density at radius 2 is 1.62 bits per heavy atom. The lowest BCUT2D eigenvalue weighted by atomic mass is 10.2. The van der Waals surface area contributed by atoms with Crippen LogP contribution in [-0.2, 0) is 0 Å². The third-order valence-electron chi connectivity index (χ3n) is 0.952. The molecule has 0 aromatic rings. The summed E-state index contributed by atoms with van der Waals surface area (Å²) in [5.41, 5.74) is 0. The third-order valence-corrected chi connectivity index (χ3v) is 2.39. The zero-order valence-corrected chi connectivity index (χ0v) is 8.59. The smallest absolute Gasteiger partial charge is 0.0823 e. The van der Waals surface area contributed by atoms with Crippen LogP contribution in [0.3, 0.4) is 0 Å². The molecule has 0 amide bonds. The zero-order valence-electron chi connectivity index (χ0n) is 4.27. The molecule has 1 aliphatic carbocycles. The van der Waals surface area contributed by atoms with E-state index < -0.39 is 0 Å². The van der Waals surface area contributed by atoms with E-state index in [4.69, 9.17) is 0 Å². The van der Waals surface area contributed by atoms with Crippen LogP contribution in [0.5, 0.6) is 0 Å². The van der Waals surface area contributed by atoms with Crippen molar-refractivity contribution >= 4 is 45.2 Å². The number of hydrogen-bond acceptors (Lipinski definition) is 0. The molecule has 0 saturated carbocycles. The highest BCUT2D eigenvalue weighted by Gasteiger charge is 2.14. The molecule has 0 N–H and O–H groups in total. The van der Waals surface area contributed by atoms with E-state index in [0.29, 0.717) is 0 Å². The highest BCUT2D eigenvalue weighted by Crippen LogP contribution is 2.32. The van der Waals surface area contributed by atoms with Gasteiger partial charge in [0.1, 0.15) is 1.43 Å². The number of halogens is 2. The van der Waals surface area contributed by atoms with Crippen molar-refractivity contribution in [3.63, 3.8) is 0 Å². The molecule has 2 heteroatoms. The maximum Gasteiger partial charge on any atom is 0.109 e.